The van der Waals surface area contributed by atoms with Crippen LogP contribution in [0.5, 0.6) is 0 Å². The molecule has 6 nitrogen and oxygen atoms in total. The third-order valence-electron chi connectivity index (χ3n) is 3.46. The van der Waals surface area contributed by atoms with Crippen LogP contribution in [0.2, 0.25) is 0 Å². The van der Waals surface area contributed by atoms with Crippen molar-refractivity contribution in [1.29, 1.82) is 0 Å². The fourth-order valence-electron chi connectivity index (χ4n) is 2.29. The molecule has 0 saturated heterocycles. The van der Waals surface area contributed by atoms with Gasteiger partial charge >= 0.3 is 0 Å². The Labute approximate surface area is 125 Å². The quantitative estimate of drug-likeness (QED) is 0.865. The van der Waals surface area contributed by atoms with Crippen molar-refractivity contribution < 1.29 is 4.84 Å². The van der Waals surface area contributed by atoms with Crippen molar-refractivity contribution in [3.63, 3.8) is 0 Å². The summed E-state index contributed by atoms with van der Waals surface area (Å²) in [6.45, 7) is 6.46. The second-order valence-electron chi connectivity index (χ2n) is 5.66. The first-order chi connectivity index (χ1) is 9.90. The summed E-state index contributed by atoms with van der Waals surface area (Å²) in [7, 11) is 0. The van der Waals surface area contributed by atoms with Gasteiger partial charge in [0.25, 0.3) is 0 Å². The molecule has 0 saturated carbocycles. The van der Waals surface area contributed by atoms with E-state index in [1.54, 1.807) is 0 Å². The summed E-state index contributed by atoms with van der Waals surface area (Å²) < 4.78 is 0. The van der Waals surface area contributed by atoms with E-state index < -0.39 is 5.66 Å². The molecule has 1 aromatic rings. The summed E-state index contributed by atoms with van der Waals surface area (Å²) in [6.07, 6.45) is 0.878. The Hall–Kier alpha value is -2.08. The average molecular weight is 289 g/mol. The van der Waals surface area contributed by atoms with Crippen molar-refractivity contribution in [1.82, 2.24) is 5.06 Å². The van der Waals surface area contributed by atoms with Gasteiger partial charge in [0.15, 0.2) is 5.66 Å². The lowest BCUT2D eigenvalue weighted by molar-refractivity contribution is -0.158. The fraction of sp³-hybridized carbons (Fsp3) is 0.467. The van der Waals surface area contributed by atoms with Crippen molar-refractivity contribution in [2.24, 2.45) is 21.5 Å². The van der Waals surface area contributed by atoms with Crippen molar-refractivity contribution in [2.75, 3.05) is 6.61 Å². The van der Waals surface area contributed by atoms with Gasteiger partial charge in [-0.1, -0.05) is 37.3 Å². The Bertz CT molecular complexity index is 538. The summed E-state index contributed by atoms with van der Waals surface area (Å²) in [6, 6.07) is 10.3. The molecule has 21 heavy (non-hydrogen) atoms. The number of aliphatic imine (C=N–C) groups is 2. The summed E-state index contributed by atoms with van der Waals surface area (Å²) in [5.41, 5.74) is 12.1. The molecule has 1 aliphatic heterocycles. The fourth-order valence-corrected chi connectivity index (χ4v) is 2.29. The van der Waals surface area contributed by atoms with E-state index in [4.69, 9.17) is 16.3 Å². The summed E-state index contributed by atoms with van der Waals surface area (Å²) in [5.74, 6) is 0.820. The van der Waals surface area contributed by atoms with Crippen LogP contribution in [0.3, 0.4) is 0 Å². The third-order valence-corrected chi connectivity index (χ3v) is 3.46. The lowest BCUT2D eigenvalue weighted by Gasteiger charge is -2.36. The first-order valence-electron chi connectivity index (χ1n) is 7.08. The minimum absolute atomic E-state index is 0.176. The zero-order valence-corrected chi connectivity index (χ0v) is 12.8. The minimum atomic E-state index is -0.647. The van der Waals surface area contributed by atoms with Crippen LogP contribution in [0.1, 0.15) is 38.7 Å². The van der Waals surface area contributed by atoms with E-state index in [1.807, 2.05) is 32.0 Å². The first kappa shape index (κ1) is 15.3. The number of nitrogens with zero attached hydrogens (tertiary/aromatic N) is 3. The maximum Gasteiger partial charge on any atom is 0.226 e. The van der Waals surface area contributed by atoms with Gasteiger partial charge in [-0.25, -0.2) is 4.99 Å². The molecule has 0 fully saturated rings. The smallest absolute Gasteiger partial charge is 0.226 e. The molecule has 1 heterocycles. The van der Waals surface area contributed by atoms with Crippen molar-refractivity contribution in [3.8, 4) is 0 Å². The summed E-state index contributed by atoms with van der Waals surface area (Å²) in [4.78, 5) is 13.9. The summed E-state index contributed by atoms with van der Waals surface area (Å²) in [5, 5.41) is 1.51. The number of hydroxylamine groups is 2. The summed E-state index contributed by atoms with van der Waals surface area (Å²) >= 11 is 0. The van der Waals surface area contributed by atoms with Gasteiger partial charge in [0.2, 0.25) is 11.9 Å². The predicted octanol–water partition coefficient (Wildman–Crippen LogP) is 1.79. The first-order valence-corrected chi connectivity index (χ1v) is 7.08. The van der Waals surface area contributed by atoms with Gasteiger partial charge in [-0.3, -0.25) is 4.84 Å². The maximum absolute atomic E-state index is 5.86. The molecule has 0 amide bonds. The van der Waals surface area contributed by atoms with Gasteiger partial charge in [-0.05, 0) is 31.7 Å². The van der Waals surface area contributed by atoms with E-state index in [0.29, 0.717) is 12.5 Å². The highest BCUT2D eigenvalue weighted by atomic mass is 16.7. The Morgan fingerprint density at radius 3 is 2.52 bits per heavy atom. The molecule has 0 aromatic heterocycles. The van der Waals surface area contributed by atoms with Crippen molar-refractivity contribution in [2.45, 2.75) is 38.8 Å². The number of benzene rings is 1. The van der Waals surface area contributed by atoms with E-state index in [0.717, 1.165) is 6.42 Å². The zero-order valence-electron chi connectivity index (χ0n) is 12.8. The van der Waals surface area contributed by atoms with E-state index in [2.05, 4.69) is 29.0 Å². The Morgan fingerprint density at radius 1 is 1.24 bits per heavy atom. The number of hydrogen-bond donors (Lipinski definition) is 2. The molecular formula is C15H23N5O. The largest absolute Gasteiger partial charge is 0.368 e. The Balaban J connectivity index is 1.90. The molecule has 1 unspecified atom stereocenters. The van der Waals surface area contributed by atoms with Crippen molar-refractivity contribution in [3.05, 3.63) is 35.9 Å². The van der Waals surface area contributed by atoms with Crippen LogP contribution in [-0.4, -0.2) is 29.3 Å². The molecular weight excluding hydrogens is 266 g/mol. The molecule has 6 heteroatoms. The van der Waals surface area contributed by atoms with Crippen LogP contribution < -0.4 is 11.5 Å². The molecule has 0 bridgehead atoms. The highest BCUT2D eigenvalue weighted by Gasteiger charge is 2.33. The van der Waals surface area contributed by atoms with Crippen LogP contribution in [-0.2, 0) is 4.84 Å². The van der Waals surface area contributed by atoms with Crippen LogP contribution >= 0.6 is 0 Å². The second kappa shape index (κ2) is 6.13. The zero-order chi connectivity index (χ0) is 15.5. The van der Waals surface area contributed by atoms with Gasteiger partial charge in [0, 0.05) is 0 Å². The van der Waals surface area contributed by atoms with Gasteiger partial charge in [0.1, 0.15) is 0 Å². The molecule has 0 radical (unpaired) electrons. The molecule has 0 spiro atoms. The monoisotopic (exact) mass is 289 g/mol. The Morgan fingerprint density at radius 2 is 1.90 bits per heavy atom. The molecule has 1 aromatic carbocycles. The van der Waals surface area contributed by atoms with Gasteiger partial charge < -0.3 is 11.5 Å². The van der Waals surface area contributed by atoms with E-state index in [1.165, 1.54) is 10.6 Å². The third kappa shape index (κ3) is 3.72. The highest BCUT2D eigenvalue weighted by Crippen LogP contribution is 2.22. The Kier molecular flexibility index (Phi) is 4.47. The molecule has 2 rings (SSSR count). The van der Waals surface area contributed by atoms with E-state index >= 15 is 0 Å². The van der Waals surface area contributed by atoms with Gasteiger partial charge in [-0.2, -0.15) is 10.1 Å². The van der Waals surface area contributed by atoms with Gasteiger partial charge in [0.05, 0.1) is 6.61 Å². The van der Waals surface area contributed by atoms with Crippen molar-refractivity contribution >= 4 is 11.9 Å². The SMILES string of the molecule is CC(CCON1C(N)=NC(N)=NC1(C)C)c1ccccc1. The van der Waals surface area contributed by atoms with Crippen LogP contribution in [0, 0.1) is 0 Å². The molecule has 114 valence electrons. The lowest BCUT2D eigenvalue weighted by Crippen LogP contribution is -2.53. The maximum atomic E-state index is 5.86. The minimum Gasteiger partial charge on any atom is -0.368 e. The van der Waals surface area contributed by atoms with E-state index in [9.17, 15) is 0 Å². The van der Waals surface area contributed by atoms with E-state index in [-0.39, 0.29) is 11.9 Å². The molecule has 1 aliphatic rings. The topological polar surface area (TPSA) is 89.2 Å². The number of rotatable bonds is 5. The van der Waals surface area contributed by atoms with Crippen LogP contribution in [0.15, 0.2) is 40.3 Å². The second-order valence-corrected chi connectivity index (χ2v) is 5.66. The molecule has 0 aliphatic carbocycles. The predicted molar refractivity (Wildman–Crippen MR) is 84.6 cm³/mol. The molecule has 1 atom stereocenters. The standard InChI is InChI=1S/C15H23N5O/c1-11(12-7-5-4-6-8-12)9-10-21-20-14(17)18-13(16)19-15(20,2)3/h4-8,11H,9-10H2,1-3H3,(H4,16,17,18,19). The molecule has 4 N–H and O–H groups in total. The number of hydrogen-bond acceptors (Lipinski definition) is 6. The van der Waals surface area contributed by atoms with Crippen LogP contribution in [0.25, 0.3) is 0 Å². The number of guanidine groups is 2. The van der Waals surface area contributed by atoms with Crippen LogP contribution in [0.4, 0.5) is 0 Å². The lowest BCUT2D eigenvalue weighted by atomic mass is 9.98. The highest BCUT2D eigenvalue weighted by molar-refractivity contribution is 5.95. The average Bonchev–Trinajstić information content (AvgIpc) is 2.41. The normalized spacial score (nSPS) is 18.9. The number of nitrogens with two attached hydrogens (primary N) is 2. The van der Waals surface area contributed by atoms with Gasteiger partial charge in [-0.15, -0.1) is 0 Å².